The molecule has 72 valence electrons. The lowest BCUT2D eigenvalue weighted by Gasteiger charge is -2.21. The molecule has 0 saturated carbocycles. The van der Waals surface area contributed by atoms with Gasteiger partial charge in [-0.2, -0.15) is 0 Å². The van der Waals surface area contributed by atoms with E-state index in [9.17, 15) is 0 Å². The third kappa shape index (κ3) is 2.35. The quantitative estimate of drug-likeness (QED) is 0.639. The standard InChI is InChI=1S/C9H17ClO2/c1-6(2)7(3)9-11-5-8(4-10)12-9/h6-9H,4-5H2,1-3H3. The maximum absolute atomic E-state index is 5.65. The van der Waals surface area contributed by atoms with Crippen LogP contribution in [0.3, 0.4) is 0 Å². The summed E-state index contributed by atoms with van der Waals surface area (Å²) >= 11 is 5.65. The molecule has 12 heavy (non-hydrogen) atoms. The minimum atomic E-state index is -0.0475. The molecule has 0 bridgehead atoms. The highest BCUT2D eigenvalue weighted by Crippen LogP contribution is 2.24. The Bertz CT molecular complexity index is 138. The Morgan fingerprint density at radius 2 is 2.08 bits per heavy atom. The Hall–Kier alpha value is 0.210. The summed E-state index contributed by atoms with van der Waals surface area (Å²) in [4.78, 5) is 0. The second kappa shape index (κ2) is 4.45. The fraction of sp³-hybridized carbons (Fsp3) is 1.00. The van der Waals surface area contributed by atoms with Gasteiger partial charge in [0.2, 0.25) is 0 Å². The van der Waals surface area contributed by atoms with E-state index in [0.29, 0.717) is 24.3 Å². The second-order valence-corrected chi connectivity index (χ2v) is 4.03. The highest BCUT2D eigenvalue weighted by atomic mass is 35.5. The van der Waals surface area contributed by atoms with Crippen molar-refractivity contribution in [2.45, 2.75) is 33.2 Å². The van der Waals surface area contributed by atoms with Gasteiger partial charge in [-0.05, 0) is 5.92 Å². The average Bonchev–Trinajstić information content (AvgIpc) is 2.50. The fourth-order valence-corrected chi connectivity index (χ4v) is 1.30. The van der Waals surface area contributed by atoms with Gasteiger partial charge in [0.05, 0.1) is 18.6 Å². The van der Waals surface area contributed by atoms with Crippen molar-refractivity contribution < 1.29 is 9.47 Å². The molecule has 1 heterocycles. The Kier molecular flexibility index (Phi) is 3.81. The lowest BCUT2D eigenvalue weighted by molar-refractivity contribution is -0.0999. The predicted molar refractivity (Wildman–Crippen MR) is 49.3 cm³/mol. The van der Waals surface area contributed by atoms with Gasteiger partial charge in [0.15, 0.2) is 6.29 Å². The molecule has 0 amide bonds. The van der Waals surface area contributed by atoms with E-state index in [4.69, 9.17) is 21.1 Å². The molecular formula is C9H17ClO2. The zero-order chi connectivity index (χ0) is 9.14. The van der Waals surface area contributed by atoms with Gasteiger partial charge in [-0.1, -0.05) is 20.8 Å². The van der Waals surface area contributed by atoms with Gasteiger partial charge in [0.25, 0.3) is 0 Å². The molecule has 0 aliphatic carbocycles. The van der Waals surface area contributed by atoms with Gasteiger partial charge in [-0.25, -0.2) is 0 Å². The molecule has 1 aliphatic heterocycles. The fourth-order valence-electron chi connectivity index (χ4n) is 1.14. The molecule has 0 spiro atoms. The summed E-state index contributed by atoms with van der Waals surface area (Å²) in [6, 6.07) is 0. The van der Waals surface area contributed by atoms with Gasteiger partial charge in [0.1, 0.15) is 0 Å². The third-order valence-electron chi connectivity index (χ3n) is 2.43. The molecule has 0 radical (unpaired) electrons. The molecule has 3 heteroatoms. The van der Waals surface area contributed by atoms with E-state index >= 15 is 0 Å². The summed E-state index contributed by atoms with van der Waals surface area (Å²) in [5.41, 5.74) is 0. The number of hydrogen-bond donors (Lipinski definition) is 0. The monoisotopic (exact) mass is 192 g/mol. The van der Waals surface area contributed by atoms with Crippen LogP contribution in [0.5, 0.6) is 0 Å². The lowest BCUT2D eigenvalue weighted by atomic mass is 9.98. The summed E-state index contributed by atoms with van der Waals surface area (Å²) in [7, 11) is 0. The molecule has 2 nitrogen and oxygen atoms in total. The van der Waals surface area contributed by atoms with E-state index in [0.717, 1.165) is 0 Å². The van der Waals surface area contributed by atoms with Crippen LogP contribution in [0, 0.1) is 11.8 Å². The molecule has 0 N–H and O–H groups in total. The van der Waals surface area contributed by atoms with Gasteiger partial charge in [-0.15, -0.1) is 11.6 Å². The first-order valence-corrected chi connectivity index (χ1v) is 5.01. The molecule has 0 aromatic carbocycles. The van der Waals surface area contributed by atoms with Crippen molar-refractivity contribution >= 4 is 11.6 Å². The van der Waals surface area contributed by atoms with E-state index in [1.165, 1.54) is 0 Å². The van der Waals surface area contributed by atoms with Crippen LogP contribution in [-0.4, -0.2) is 24.9 Å². The van der Waals surface area contributed by atoms with Crippen LogP contribution in [0.25, 0.3) is 0 Å². The minimum absolute atomic E-state index is 0.0475. The van der Waals surface area contributed by atoms with Crippen LogP contribution in [-0.2, 0) is 9.47 Å². The Morgan fingerprint density at radius 3 is 2.50 bits per heavy atom. The normalized spacial score (nSPS) is 32.8. The van der Waals surface area contributed by atoms with Crippen molar-refractivity contribution in [1.82, 2.24) is 0 Å². The zero-order valence-corrected chi connectivity index (χ0v) is 8.67. The predicted octanol–water partition coefficient (Wildman–Crippen LogP) is 2.26. The summed E-state index contributed by atoms with van der Waals surface area (Å²) < 4.78 is 11.1. The van der Waals surface area contributed by atoms with Crippen LogP contribution in [0.15, 0.2) is 0 Å². The smallest absolute Gasteiger partial charge is 0.161 e. The Balaban J connectivity index is 2.35. The average molecular weight is 193 g/mol. The van der Waals surface area contributed by atoms with Crippen molar-refractivity contribution in [1.29, 1.82) is 0 Å². The van der Waals surface area contributed by atoms with E-state index in [2.05, 4.69) is 20.8 Å². The number of halogens is 1. The van der Waals surface area contributed by atoms with Gasteiger partial charge < -0.3 is 9.47 Å². The highest BCUT2D eigenvalue weighted by Gasteiger charge is 2.30. The van der Waals surface area contributed by atoms with Crippen LogP contribution in [0.2, 0.25) is 0 Å². The maximum atomic E-state index is 5.65. The van der Waals surface area contributed by atoms with E-state index < -0.39 is 0 Å². The molecule has 1 rings (SSSR count). The van der Waals surface area contributed by atoms with Crippen LogP contribution < -0.4 is 0 Å². The first-order valence-electron chi connectivity index (χ1n) is 4.48. The van der Waals surface area contributed by atoms with Gasteiger partial charge in [0, 0.05) is 5.92 Å². The summed E-state index contributed by atoms with van der Waals surface area (Å²) in [6.45, 7) is 7.13. The molecule has 1 saturated heterocycles. The van der Waals surface area contributed by atoms with Crippen LogP contribution in [0.1, 0.15) is 20.8 Å². The first-order chi connectivity index (χ1) is 5.65. The molecule has 0 aromatic heterocycles. The molecule has 0 aromatic rings. The molecule has 3 unspecified atom stereocenters. The molecule has 1 aliphatic rings. The topological polar surface area (TPSA) is 18.5 Å². The van der Waals surface area contributed by atoms with E-state index in [-0.39, 0.29) is 12.4 Å². The summed E-state index contributed by atoms with van der Waals surface area (Å²) in [6.07, 6.45) is 0.0478. The first kappa shape index (κ1) is 10.3. The summed E-state index contributed by atoms with van der Waals surface area (Å²) in [5, 5.41) is 0. The number of alkyl halides is 1. The number of ether oxygens (including phenoxy) is 2. The molecule has 3 atom stereocenters. The minimum Gasteiger partial charge on any atom is -0.350 e. The van der Waals surface area contributed by atoms with Gasteiger partial charge >= 0.3 is 0 Å². The van der Waals surface area contributed by atoms with E-state index in [1.807, 2.05) is 0 Å². The van der Waals surface area contributed by atoms with Crippen molar-refractivity contribution in [3.8, 4) is 0 Å². The van der Waals surface area contributed by atoms with Gasteiger partial charge in [-0.3, -0.25) is 0 Å². The molecular weight excluding hydrogens is 176 g/mol. The van der Waals surface area contributed by atoms with Crippen molar-refractivity contribution in [2.24, 2.45) is 11.8 Å². The second-order valence-electron chi connectivity index (χ2n) is 3.72. The largest absolute Gasteiger partial charge is 0.350 e. The third-order valence-corrected chi connectivity index (χ3v) is 2.77. The summed E-state index contributed by atoms with van der Waals surface area (Å²) in [5.74, 6) is 1.56. The van der Waals surface area contributed by atoms with Crippen LogP contribution in [0.4, 0.5) is 0 Å². The lowest BCUT2D eigenvalue weighted by Crippen LogP contribution is -2.24. The van der Waals surface area contributed by atoms with Crippen molar-refractivity contribution in [2.75, 3.05) is 12.5 Å². The van der Waals surface area contributed by atoms with Crippen molar-refractivity contribution in [3.63, 3.8) is 0 Å². The molecule has 1 fully saturated rings. The number of rotatable bonds is 3. The number of hydrogen-bond acceptors (Lipinski definition) is 2. The Labute approximate surface area is 79.2 Å². The highest BCUT2D eigenvalue weighted by molar-refractivity contribution is 6.18. The SMILES string of the molecule is CC(C)C(C)C1OCC(CCl)O1. The Morgan fingerprint density at radius 1 is 1.42 bits per heavy atom. The maximum Gasteiger partial charge on any atom is 0.161 e. The van der Waals surface area contributed by atoms with Crippen molar-refractivity contribution in [3.05, 3.63) is 0 Å². The zero-order valence-electron chi connectivity index (χ0n) is 7.92. The van der Waals surface area contributed by atoms with E-state index in [1.54, 1.807) is 0 Å². The van der Waals surface area contributed by atoms with Crippen LogP contribution >= 0.6 is 11.6 Å².